The Hall–Kier alpha value is -1.51. The minimum atomic E-state index is -4.91. The van der Waals surface area contributed by atoms with E-state index in [1.807, 2.05) is 0 Å². The predicted octanol–water partition coefficient (Wildman–Crippen LogP) is 2.69. The monoisotopic (exact) mass is 357 g/mol. The van der Waals surface area contributed by atoms with Crippen LogP contribution in [0.1, 0.15) is 18.2 Å². The molecule has 0 saturated heterocycles. The lowest BCUT2D eigenvalue weighted by molar-refractivity contribution is -0.276. The van der Waals surface area contributed by atoms with Crippen LogP contribution in [-0.4, -0.2) is 29.0 Å². The molecule has 1 heterocycles. The van der Waals surface area contributed by atoms with Gasteiger partial charge in [0.2, 0.25) is 5.88 Å². The summed E-state index contributed by atoms with van der Waals surface area (Å²) in [6, 6.07) is 1.05. The van der Waals surface area contributed by atoms with Gasteiger partial charge in [-0.25, -0.2) is 4.98 Å². The van der Waals surface area contributed by atoms with E-state index in [-0.39, 0.29) is 23.2 Å². The van der Waals surface area contributed by atoms with Crippen LogP contribution in [0.15, 0.2) is 6.07 Å². The van der Waals surface area contributed by atoms with Crippen LogP contribution in [0.25, 0.3) is 0 Å². The molecule has 1 aromatic heterocycles. The second kappa shape index (κ2) is 6.78. The first-order valence-corrected chi connectivity index (χ1v) is 6.58. The molecule has 112 valence electrons. The lowest BCUT2D eigenvalue weighted by atomic mass is 10.2. The fourth-order valence-electron chi connectivity index (χ4n) is 1.33. The Morgan fingerprint density at radius 1 is 1.50 bits per heavy atom. The van der Waals surface area contributed by atoms with Crippen LogP contribution in [0.5, 0.6) is 11.6 Å². The lowest BCUT2D eigenvalue weighted by Crippen LogP contribution is -2.19. The van der Waals surface area contributed by atoms with Crippen LogP contribution in [0.3, 0.4) is 0 Å². The van der Waals surface area contributed by atoms with Gasteiger partial charge in [0.05, 0.1) is 18.7 Å². The van der Waals surface area contributed by atoms with Crippen molar-refractivity contribution in [3.63, 3.8) is 0 Å². The Kier molecular flexibility index (Phi) is 5.61. The van der Waals surface area contributed by atoms with Crippen LogP contribution in [0, 0.1) is 0 Å². The number of aromatic hydroxyl groups is 1. The smallest absolute Gasteiger partial charge is 0.506 e. The number of alkyl halides is 4. The second-order valence-corrected chi connectivity index (χ2v) is 4.14. The number of pyridine rings is 1. The number of halogens is 4. The number of ether oxygens (including phenoxy) is 2. The number of carbonyl (C=O) groups is 1. The third-order valence-corrected chi connectivity index (χ3v) is 2.70. The summed E-state index contributed by atoms with van der Waals surface area (Å²) >= 11 is 2.96. The topological polar surface area (TPSA) is 68.7 Å². The minimum absolute atomic E-state index is 0.00133. The van der Waals surface area contributed by atoms with E-state index < -0.39 is 30.4 Å². The number of hydrogen-bond donors (Lipinski definition) is 1. The molecule has 0 unspecified atom stereocenters. The number of nitrogens with zero attached hydrogens (tertiary/aromatic N) is 1. The summed E-state index contributed by atoms with van der Waals surface area (Å²) in [6.45, 7) is 1.70. The standard InChI is InChI=1S/C11H11BrF3NO4/c1-2-19-9(18)4-7-8(17)3-6(5-12)10(16-7)20-11(13,14)15/h3,17H,2,4-5H2,1H3. The third-order valence-electron chi connectivity index (χ3n) is 2.09. The Labute approximate surface area is 120 Å². The summed E-state index contributed by atoms with van der Waals surface area (Å²) in [7, 11) is 0. The number of aromatic nitrogens is 1. The number of rotatable bonds is 5. The Morgan fingerprint density at radius 2 is 2.15 bits per heavy atom. The molecule has 0 saturated carbocycles. The van der Waals surface area contributed by atoms with Crippen molar-refractivity contribution in [3.8, 4) is 11.6 Å². The zero-order valence-corrected chi connectivity index (χ0v) is 11.9. The number of esters is 1. The molecular weight excluding hydrogens is 347 g/mol. The van der Waals surface area contributed by atoms with Crippen LogP contribution >= 0.6 is 15.9 Å². The van der Waals surface area contributed by atoms with Crippen LogP contribution in [-0.2, 0) is 21.3 Å². The molecule has 1 N–H and O–H groups in total. The molecule has 0 bridgehead atoms. The number of carbonyl (C=O) groups excluding carboxylic acids is 1. The molecule has 1 rings (SSSR count). The van der Waals surface area contributed by atoms with E-state index in [1.165, 1.54) is 0 Å². The first kappa shape index (κ1) is 16.5. The largest absolute Gasteiger partial charge is 0.574 e. The van der Waals surface area contributed by atoms with Crippen LogP contribution in [0.2, 0.25) is 0 Å². The van der Waals surface area contributed by atoms with Gasteiger partial charge in [0, 0.05) is 10.9 Å². The summed E-state index contributed by atoms with van der Waals surface area (Å²) in [5.41, 5.74) is -0.236. The van der Waals surface area contributed by atoms with E-state index in [9.17, 15) is 23.1 Å². The van der Waals surface area contributed by atoms with Crippen molar-refractivity contribution in [1.29, 1.82) is 0 Å². The molecule has 1 aromatic rings. The second-order valence-electron chi connectivity index (χ2n) is 3.58. The van der Waals surface area contributed by atoms with Gasteiger partial charge in [-0.15, -0.1) is 13.2 Å². The summed E-state index contributed by atoms with van der Waals surface area (Å²) in [4.78, 5) is 14.8. The Morgan fingerprint density at radius 3 is 2.65 bits per heavy atom. The molecule has 0 aliphatic heterocycles. The van der Waals surface area contributed by atoms with Crippen molar-refractivity contribution in [1.82, 2.24) is 4.98 Å². The van der Waals surface area contributed by atoms with Gasteiger partial charge in [-0.05, 0) is 13.0 Å². The quantitative estimate of drug-likeness (QED) is 0.648. The van der Waals surface area contributed by atoms with Gasteiger partial charge in [0.1, 0.15) is 5.75 Å². The average molecular weight is 358 g/mol. The minimum Gasteiger partial charge on any atom is -0.506 e. The fourth-order valence-corrected chi connectivity index (χ4v) is 1.74. The SMILES string of the molecule is CCOC(=O)Cc1nc(OC(F)(F)F)c(CBr)cc1O. The first-order valence-electron chi connectivity index (χ1n) is 5.46. The van der Waals surface area contributed by atoms with Gasteiger partial charge in [-0.2, -0.15) is 0 Å². The van der Waals surface area contributed by atoms with Gasteiger partial charge in [-0.3, -0.25) is 4.79 Å². The van der Waals surface area contributed by atoms with Gasteiger partial charge >= 0.3 is 12.3 Å². The van der Waals surface area contributed by atoms with E-state index in [4.69, 9.17) is 0 Å². The summed E-state index contributed by atoms with van der Waals surface area (Å²) in [5.74, 6) is -1.83. The highest BCUT2D eigenvalue weighted by Gasteiger charge is 2.33. The summed E-state index contributed by atoms with van der Waals surface area (Å²) < 4.78 is 45.1. The molecule has 9 heteroatoms. The Bertz CT molecular complexity index is 493. The third kappa shape index (κ3) is 4.87. The molecule has 0 aliphatic rings. The summed E-state index contributed by atoms with van der Waals surface area (Å²) in [6.07, 6.45) is -5.36. The molecule has 0 atom stereocenters. The molecule has 0 fully saturated rings. The predicted molar refractivity (Wildman–Crippen MR) is 65.6 cm³/mol. The molecule has 0 aliphatic carbocycles. The van der Waals surface area contributed by atoms with Crippen molar-refractivity contribution >= 4 is 21.9 Å². The molecule has 0 aromatic carbocycles. The maximum absolute atomic E-state index is 12.2. The van der Waals surface area contributed by atoms with Crippen molar-refractivity contribution in [2.45, 2.75) is 25.0 Å². The van der Waals surface area contributed by atoms with Gasteiger partial charge < -0.3 is 14.6 Å². The highest BCUT2D eigenvalue weighted by Crippen LogP contribution is 2.30. The van der Waals surface area contributed by atoms with Crippen molar-refractivity contribution < 1.29 is 32.5 Å². The van der Waals surface area contributed by atoms with E-state index in [2.05, 4.69) is 30.4 Å². The lowest BCUT2D eigenvalue weighted by Gasteiger charge is -2.13. The molecule has 20 heavy (non-hydrogen) atoms. The summed E-state index contributed by atoms with van der Waals surface area (Å²) in [5, 5.41) is 9.63. The van der Waals surface area contributed by atoms with Crippen LogP contribution < -0.4 is 4.74 Å². The highest BCUT2D eigenvalue weighted by atomic mass is 79.9. The van der Waals surface area contributed by atoms with E-state index in [1.54, 1.807) is 6.92 Å². The first-order chi connectivity index (χ1) is 9.26. The molecular formula is C11H11BrF3NO4. The van der Waals surface area contributed by atoms with Crippen molar-refractivity contribution in [2.24, 2.45) is 0 Å². The highest BCUT2D eigenvalue weighted by molar-refractivity contribution is 9.08. The van der Waals surface area contributed by atoms with E-state index in [0.717, 1.165) is 6.07 Å². The van der Waals surface area contributed by atoms with Gasteiger partial charge in [0.15, 0.2) is 0 Å². The maximum Gasteiger partial charge on any atom is 0.574 e. The Balaban J connectivity index is 3.07. The van der Waals surface area contributed by atoms with Crippen molar-refractivity contribution in [3.05, 3.63) is 17.3 Å². The normalized spacial score (nSPS) is 11.2. The molecule has 0 amide bonds. The zero-order chi connectivity index (χ0) is 15.3. The number of hydrogen-bond acceptors (Lipinski definition) is 5. The van der Waals surface area contributed by atoms with E-state index in [0.29, 0.717) is 0 Å². The van der Waals surface area contributed by atoms with Gasteiger partial charge in [-0.1, -0.05) is 15.9 Å². The zero-order valence-electron chi connectivity index (χ0n) is 10.3. The molecule has 0 radical (unpaired) electrons. The van der Waals surface area contributed by atoms with Crippen LogP contribution in [0.4, 0.5) is 13.2 Å². The molecule has 0 spiro atoms. The van der Waals surface area contributed by atoms with Gasteiger partial charge in [0.25, 0.3) is 0 Å². The molecule has 5 nitrogen and oxygen atoms in total. The van der Waals surface area contributed by atoms with Crippen molar-refractivity contribution in [2.75, 3.05) is 6.61 Å². The average Bonchev–Trinajstić information content (AvgIpc) is 2.31. The maximum atomic E-state index is 12.2. The van der Waals surface area contributed by atoms with E-state index >= 15 is 0 Å². The fraction of sp³-hybridized carbons (Fsp3) is 0.455.